The molecule has 1 unspecified atom stereocenters. The molecule has 1 aliphatic rings. The van der Waals surface area contributed by atoms with Crippen molar-refractivity contribution in [1.29, 1.82) is 0 Å². The summed E-state index contributed by atoms with van der Waals surface area (Å²) in [5, 5.41) is 10.5. The van der Waals surface area contributed by atoms with Gasteiger partial charge in [-0.25, -0.2) is 0 Å². The first-order chi connectivity index (χ1) is 14.7. The van der Waals surface area contributed by atoms with Crippen LogP contribution in [0.5, 0.6) is 11.5 Å². The molecule has 1 N–H and O–H groups in total. The van der Waals surface area contributed by atoms with Crippen LogP contribution in [0.3, 0.4) is 0 Å². The van der Waals surface area contributed by atoms with Crippen molar-refractivity contribution in [2.45, 2.75) is 19.6 Å². The van der Waals surface area contributed by atoms with E-state index in [0.29, 0.717) is 19.8 Å². The second-order valence-corrected chi connectivity index (χ2v) is 7.64. The number of likely N-dealkylation sites (N-methyl/N-ethyl adjacent to an activating group) is 1. The Bertz CT molecular complexity index is 750. The van der Waals surface area contributed by atoms with E-state index >= 15 is 0 Å². The number of aliphatic hydroxyl groups excluding tert-OH is 1. The zero-order valence-corrected chi connectivity index (χ0v) is 18.1. The molecule has 1 heterocycles. The highest BCUT2D eigenvalue weighted by Crippen LogP contribution is 2.29. The third kappa shape index (κ3) is 6.99. The van der Waals surface area contributed by atoms with E-state index in [4.69, 9.17) is 14.2 Å². The molecule has 2 aromatic carbocycles. The van der Waals surface area contributed by atoms with E-state index in [1.165, 1.54) is 0 Å². The van der Waals surface area contributed by atoms with E-state index in [-0.39, 0.29) is 0 Å². The lowest BCUT2D eigenvalue weighted by Crippen LogP contribution is -2.38. The van der Waals surface area contributed by atoms with Gasteiger partial charge in [0.2, 0.25) is 0 Å². The van der Waals surface area contributed by atoms with E-state index in [1.54, 1.807) is 0 Å². The maximum Gasteiger partial charge on any atom is 0.161 e. The Kier molecular flexibility index (Phi) is 8.96. The van der Waals surface area contributed by atoms with Gasteiger partial charge in [-0.05, 0) is 37.2 Å². The lowest BCUT2D eigenvalue weighted by molar-refractivity contribution is 0.0321. The summed E-state index contributed by atoms with van der Waals surface area (Å²) in [6.45, 7) is 8.88. The first-order valence-electron chi connectivity index (χ1n) is 10.8. The molecule has 0 aromatic heterocycles. The highest BCUT2D eigenvalue weighted by Gasteiger charge is 2.14. The molecule has 2 aromatic rings. The molecule has 0 spiro atoms. The van der Waals surface area contributed by atoms with Gasteiger partial charge < -0.3 is 19.3 Å². The van der Waals surface area contributed by atoms with E-state index in [9.17, 15) is 5.11 Å². The fraction of sp³-hybridized carbons (Fsp3) is 0.500. The normalized spacial score (nSPS) is 15.9. The van der Waals surface area contributed by atoms with Crippen LogP contribution in [0, 0.1) is 0 Å². The van der Waals surface area contributed by atoms with Gasteiger partial charge in [-0.15, -0.1) is 0 Å². The van der Waals surface area contributed by atoms with Gasteiger partial charge in [0, 0.05) is 32.7 Å². The van der Waals surface area contributed by atoms with Crippen molar-refractivity contribution >= 4 is 0 Å². The smallest absolute Gasteiger partial charge is 0.161 e. The molecule has 0 saturated carbocycles. The van der Waals surface area contributed by atoms with Crippen molar-refractivity contribution in [1.82, 2.24) is 9.80 Å². The molecule has 6 heteroatoms. The lowest BCUT2D eigenvalue weighted by Gasteiger charge is -2.26. The van der Waals surface area contributed by atoms with E-state index in [2.05, 4.69) is 15.9 Å². The molecule has 0 bridgehead atoms. The van der Waals surface area contributed by atoms with Gasteiger partial charge in [-0.1, -0.05) is 36.4 Å². The minimum Gasteiger partial charge on any atom is -0.490 e. The third-order valence-corrected chi connectivity index (χ3v) is 5.20. The number of hydrogen-bond acceptors (Lipinski definition) is 6. The van der Waals surface area contributed by atoms with Crippen LogP contribution in [-0.4, -0.2) is 74.6 Å². The summed E-state index contributed by atoms with van der Waals surface area (Å²) >= 11 is 0. The fourth-order valence-corrected chi connectivity index (χ4v) is 3.60. The molecule has 1 fully saturated rings. The van der Waals surface area contributed by atoms with Crippen molar-refractivity contribution < 1.29 is 19.3 Å². The van der Waals surface area contributed by atoms with Crippen LogP contribution >= 0.6 is 0 Å². The number of nitrogens with zero attached hydrogens (tertiary/aromatic N) is 2. The Hall–Kier alpha value is -2.12. The van der Waals surface area contributed by atoms with Gasteiger partial charge in [0.25, 0.3) is 0 Å². The minimum absolute atomic E-state index is 0.509. The summed E-state index contributed by atoms with van der Waals surface area (Å²) in [5.41, 5.74) is 2.06. The Balaban J connectivity index is 1.54. The molecule has 1 saturated heterocycles. The Labute approximate surface area is 180 Å². The van der Waals surface area contributed by atoms with Crippen LogP contribution in [0.15, 0.2) is 48.5 Å². The number of aliphatic hydroxyl groups is 1. The molecule has 1 aliphatic heterocycles. The lowest BCUT2D eigenvalue weighted by atomic mass is 10.1. The SMILES string of the molecule is CCOc1cc(CN(C)CC(O)c2ccccc2)ccc1OCCN1CCOCC1. The summed E-state index contributed by atoms with van der Waals surface area (Å²) < 4.78 is 17.2. The van der Waals surface area contributed by atoms with Gasteiger partial charge in [-0.2, -0.15) is 0 Å². The van der Waals surface area contributed by atoms with Crippen LogP contribution in [0.25, 0.3) is 0 Å². The average Bonchev–Trinajstić information content (AvgIpc) is 2.76. The van der Waals surface area contributed by atoms with Crippen molar-refractivity contribution in [3.63, 3.8) is 0 Å². The molecule has 6 nitrogen and oxygen atoms in total. The van der Waals surface area contributed by atoms with Crippen LogP contribution in [-0.2, 0) is 11.3 Å². The molecule has 30 heavy (non-hydrogen) atoms. The number of morpholine rings is 1. The summed E-state index contributed by atoms with van der Waals surface area (Å²) in [7, 11) is 2.01. The minimum atomic E-state index is -0.509. The summed E-state index contributed by atoms with van der Waals surface area (Å²) in [6, 6.07) is 15.9. The van der Waals surface area contributed by atoms with Gasteiger partial charge in [0.15, 0.2) is 11.5 Å². The highest BCUT2D eigenvalue weighted by molar-refractivity contribution is 5.43. The number of rotatable bonds is 11. The second kappa shape index (κ2) is 11.9. The molecule has 3 rings (SSSR count). The molecule has 1 atom stereocenters. The van der Waals surface area contributed by atoms with Gasteiger partial charge in [0.05, 0.1) is 25.9 Å². The Morgan fingerprint density at radius 1 is 1.07 bits per heavy atom. The third-order valence-electron chi connectivity index (χ3n) is 5.20. The number of benzene rings is 2. The second-order valence-electron chi connectivity index (χ2n) is 7.64. The molecule has 0 amide bonds. The number of ether oxygens (including phenoxy) is 3. The van der Waals surface area contributed by atoms with Crippen molar-refractivity contribution in [2.24, 2.45) is 0 Å². The topological polar surface area (TPSA) is 54.4 Å². The summed E-state index contributed by atoms with van der Waals surface area (Å²) in [4.78, 5) is 4.47. The predicted octanol–water partition coefficient (Wildman–Crippen LogP) is 2.96. The summed E-state index contributed by atoms with van der Waals surface area (Å²) in [5.74, 6) is 1.55. The van der Waals surface area contributed by atoms with Crippen molar-refractivity contribution in [3.8, 4) is 11.5 Å². The molecule has 0 radical (unpaired) electrons. The first kappa shape index (κ1) is 22.6. The standard InChI is InChI=1S/C24H34N2O4/c1-3-29-24-17-20(18-25(2)19-22(27)21-7-5-4-6-8-21)9-10-23(24)30-16-13-26-11-14-28-15-12-26/h4-10,17,22,27H,3,11-16,18-19H2,1-2H3. The maximum absolute atomic E-state index is 10.5. The zero-order chi connectivity index (χ0) is 21.2. The predicted molar refractivity (Wildman–Crippen MR) is 118 cm³/mol. The first-order valence-corrected chi connectivity index (χ1v) is 10.8. The monoisotopic (exact) mass is 414 g/mol. The van der Waals surface area contributed by atoms with Crippen molar-refractivity contribution in [3.05, 3.63) is 59.7 Å². The largest absolute Gasteiger partial charge is 0.490 e. The highest BCUT2D eigenvalue weighted by atomic mass is 16.5. The van der Waals surface area contributed by atoms with Crippen LogP contribution < -0.4 is 9.47 Å². The van der Waals surface area contributed by atoms with Crippen molar-refractivity contribution in [2.75, 3.05) is 59.7 Å². The van der Waals surface area contributed by atoms with E-state index < -0.39 is 6.10 Å². The van der Waals surface area contributed by atoms with E-state index in [1.807, 2.05) is 56.4 Å². The number of hydrogen-bond donors (Lipinski definition) is 1. The average molecular weight is 415 g/mol. The van der Waals surface area contributed by atoms with Crippen LogP contribution in [0.1, 0.15) is 24.2 Å². The zero-order valence-electron chi connectivity index (χ0n) is 18.1. The quantitative estimate of drug-likeness (QED) is 0.610. The maximum atomic E-state index is 10.5. The van der Waals surface area contributed by atoms with Gasteiger partial charge >= 0.3 is 0 Å². The fourth-order valence-electron chi connectivity index (χ4n) is 3.60. The molecule has 164 valence electrons. The van der Waals surface area contributed by atoms with Crippen LogP contribution in [0.2, 0.25) is 0 Å². The Morgan fingerprint density at radius 3 is 2.57 bits per heavy atom. The molecular weight excluding hydrogens is 380 g/mol. The van der Waals surface area contributed by atoms with E-state index in [0.717, 1.165) is 62.0 Å². The van der Waals surface area contributed by atoms with Gasteiger partial charge in [-0.3, -0.25) is 9.80 Å². The molecular formula is C24H34N2O4. The van der Waals surface area contributed by atoms with Gasteiger partial charge in [0.1, 0.15) is 6.61 Å². The Morgan fingerprint density at radius 2 is 1.83 bits per heavy atom. The summed E-state index contributed by atoms with van der Waals surface area (Å²) in [6.07, 6.45) is -0.509. The van der Waals surface area contributed by atoms with Crippen LogP contribution in [0.4, 0.5) is 0 Å². The molecule has 0 aliphatic carbocycles.